The highest BCUT2D eigenvalue weighted by Gasteiger charge is 2.22. The van der Waals surface area contributed by atoms with Gasteiger partial charge in [-0.3, -0.25) is 19.9 Å². The lowest BCUT2D eigenvalue weighted by atomic mass is 9.94. The maximum Gasteiger partial charge on any atom is 0.270 e. The van der Waals surface area contributed by atoms with E-state index in [0.29, 0.717) is 17.0 Å². The average Bonchev–Trinajstić information content (AvgIpc) is 2.65. The van der Waals surface area contributed by atoms with Gasteiger partial charge in [0, 0.05) is 17.7 Å². The summed E-state index contributed by atoms with van der Waals surface area (Å²) in [5.74, 6) is -0.216. The van der Waals surface area contributed by atoms with Crippen molar-refractivity contribution < 1.29 is 9.72 Å². The molecule has 0 unspecified atom stereocenters. The number of anilines is 1. The number of benzene rings is 1. The molecular formula is C15H13N3O3. The second-order valence-corrected chi connectivity index (χ2v) is 4.86. The van der Waals surface area contributed by atoms with Crippen molar-refractivity contribution in [2.24, 2.45) is 4.99 Å². The first kappa shape index (κ1) is 13.2. The number of nitrogens with zero attached hydrogens (tertiary/aromatic N) is 2. The highest BCUT2D eigenvalue weighted by molar-refractivity contribution is 6.19. The zero-order valence-corrected chi connectivity index (χ0v) is 11.2. The molecule has 0 saturated heterocycles. The second-order valence-electron chi connectivity index (χ2n) is 4.86. The number of rotatable bonds is 2. The third-order valence-electron chi connectivity index (χ3n) is 3.44. The fraction of sp³-hybridized carbons (Fsp3) is 0.200. The summed E-state index contributed by atoms with van der Waals surface area (Å²) in [6.45, 7) is 0.0267. The van der Waals surface area contributed by atoms with Crippen molar-refractivity contribution in [2.75, 3.05) is 11.9 Å². The Balaban J connectivity index is 2.14. The summed E-state index contributed by atoms with van der Waals surface area (Å²) in [7, 11) is 0. The largest absolute Gasteiger partial charge is 0.324 e. The Labute approximate surface area is 121 Å². The highest BCUT2D eigenvalue weighted by atomic mass is 16.6. The number of hydrogen-bond acceptors (Lipinski definition) is 4. The van der Waals surface area contributed by atoms with E-state index in [1.165, 1.54) is 12.1 Å². The van der Waals surface area contributed by atoms with Gasteiger partial charge in [0.2, 0.25) is 5.91 Å². The summed E-state index contributed by atoms with van der Waals surface area (Å²) in [6, 6.07) is 4.42. The SMILES string of the molecule is O=C1CN=C(C2=CC=CCC2)c2cc([N+](=O)[O-])ccc2N1. The molecule has 1 aliphatic heterocycles. The number of allylic oxidation sites excluding steroid dienone is 4. The summed E-state index contributed by atoms with van der Waals surface area (Å²) < 4.78 is 0. The zero-order chi connectivity index (χ0) is 14.8. The lowest BCUT2D eigenvalue weighted by molar-refractivity contribution is -0.384. The van der Waals surface area contributed by atoms with Crippen LogP contribution >= 0.6 is 0 Å². The normalized spacial score (nSPS) is 17.2. The Morgan fingerprint density at radius 1 is 1.33 bits per heavy atom. The molecule has 0 bridgehead atoms. The predicted octanol–water partition coefficient (Wildman–Crippen LogP) is 2.61. The van der Waals surface area contributed by atoms with E-state index in [9.17, 15) is 14.9 Å². The molecule has 21 heavy (non-hydrogen) atoms. The van der Waals surface area contributed by atoms with Gasteiger partial charge in [-0.05, 0) is 24.5 Å². The maximum absolute atomic E-state index is 11.7. The number of nitrogens with one attached hydrogen (secondary N) is 1. The van der Waals surface area contributed by atoms with Gasteiger partial charge >= 0.3 is 0 Å². The van der Waals surface area contributed by atoms with Gasteiger partial charge in [0.25, 0.3) is 5.69 Å². The molecule has 1 amide bonds. The molecule has 6 nitrogen and oxygen atoms in total. The third kappa shape index (κ3) is 2.60. The second kappa shape index (κ2) is 5.32. The van der Waals surface area contributed by atoms with Crippen molar-refractivity contribution in [2.45, 2.75) is 12.8 Å². The average molecular weight is 283 g/mol. The number of fused-ring (bicyclic) bond motifs is 1. The van der Waals surface area contributed by atoms with Crippen LogP contribution < -0.4 is 5.32 Å². The molecular weight excluding hydrogens is 270 g/mol. The molecule has 2 aliphatic rings. The number of hydrogen-bond donors (Lipinski definition) is 1. The number of nitro groups is 1. The van der Waals surface area contributed by atoms with E-state index in [-0.39, 0.29) is 18.1 Å². The van der Waals surface area contributed by atoms with Gasteiger partial charge in [0.1, 0.15) is 6.54 Å². The van der Waals surface area contributed by atoms with Crippen molar-refractivity contribution in [1.29, 1.82) is 0 Å². The molecule has 1 aromatic carbocycles. The van der Waals surface area contributed by atoms with Crippen LogP contribution in [-0.2, 0) is 4.79 Å². The van der Waals surface area contributed by atoms with Crippen molar-refractivity contribution in [3.8, 4) is 0 Å². The molecule has 0 spiro atoms. The van der Waals surface area contributed by atoms with E-state index in [2.05, 4.69) is 16.4 Å². The van der Waals surface area contributed by atoms with Crippen LogP contribution in [0.1, 0.15) is 18.4 Å². The molecule has 1 aromatic rings. The number of non-ortho nitro benzene ring substituents is 1. The number of aliphatic imine (C=N–C) groups is 1. The number of benzodiazepines with no additional fused rings is 1. The molecule has 0 saturated carbocycles. The molecule has 0 atom stereocenters. The van der Waals surface area contributed by atoms with Crippen LogP contribution in [-0.4, -0.2) is 23.1 Å². The van der Waals surface area contributed by atoms with Crippen LogP contribution in [0.4, 0.5) is 11.4 Å². The number of carbonyl (C=O) groups excluding carboxylic acids is 1. The minimum atomic E-state index is -0.445. The summed E-state index contributed by atoms with van der Waals surface area (Å²) in [5, 5.41) is 13.7. The highest BCUT2D eigenvalue weighted by Crippen LogP contribution is 2.29. The van der Waals surface area contributed by atoms with E-state index in [4.69, 9.17) is 0 Å². The molecule has 106 valence electrons. The molecule has 3 rings (SSSR count). The molecule has 0 fully saturated rings. The van der Waals surface area contributed by atoms with Crippen LogP contribution in [0, 0.1) is 10.1 Å². The van der Waals surface area contributed by atoms with Crippen LogP contribution in [0.2, 0.25) is 0 Å². The van der Waals surface area contributed by atoms with Gasteiger partial charge in [0.05, 0.1) is 16.3 Å². The van der Waals surface area contributed by atoms with Gasteiger partial charge in [-0.2, -0.15) is 0 Å². The van der Waals surface area contributed by atoms with Crippen LogP contribution in [0.15, 0.2) is 47.0 Å². The Morgan fingerprint density at radius 2 is 2.19 bits per heavy atom. The third-order valence-corrected chi connectivity index (χ3v) is 3.44. The molecule has 1 N–H and O–H groups in total. The van der Waals surface area contributed by atoms with Gasteiger partial charge in [-0.25, -0.2) is 0 Å². The minimum Gasteiger partial charge on any atom is -0.324 e. The zero-order valence-electron chi connectivity index (χ0n) is 11.2. The van der Waals surface area contributed by atoms with Crippen molar-refractivity contribution in [3.63, 3.8) is 0 Å². The Bertz CT molecular complexity index is 717. The lowest BCUT2D eigenvalue weighted by Gasteiger charge is -2.13. The van der Waals surface area contributed by atoms with Crippen molar-refractivity contribution >= 4 is 23.0 Å². The molecule has 6 heteroatoms. The molecule has 1 heterocycles. The van der Waals surface area contributed by atoms with Crippen LogP contribution in [0.5, 0.6) is 0 Å². The van der Waals surface area contributed by atoms with Gasteiger partial charge in [0.15, 0.2) is 0 Å². The molecule has 1 aliphatic carbocycles. The summed E-state index contributed by atoms with van der Waals surface area (Å²) in [6.07, 6.45) is 7.65. The summed E-state index contributed by atoms with van der Waals surface area (Å²) >= 11 is 0. The number of carbonyl (C=O) groups is 1. The quantitative estimate of drug-likeness (QED) is 0.668. The first-order valence-electron chi connectivity index (χ1n) is 6.64. The van der Waals surface area contributed by atoms with Gasteiger partial charge in [-0.15, -0.1) is 0 Å². The lowest BCUT2D eigenvalue weighted by Crippen LogP contribution is -2.13. The van der Waals surface area contributed by atoms with E-state index in [1.807, 2.05) is 12.2 Å². The summed E-state index contributed by atoms with van der Waals surface area (Å²) in [5.41, 5.74) is 2.82. The molecule has 0 radical (unpaired) electrons. The van der Waals surface area contributed by atoms with E-state index in [1.54, 1.807) is 6.07 Å². The topological polar surface area (TPSA) is 84.6 Å². The smallest absolute Gasteiger partial charge is 0.270 e. The Hall–Kier alpha value is -2.76. The van der Waals surface area contributed by atoms with Gasteiger partial charge < -0.3 is 5.32 Å². The predicted molar refractivity (Wildman–Crippen MR) is 79.6 cm³/mol. The maximum atomic E-state index is 11.7. The standard InChI is InChI=1S/C15H13N3O3/c19-14-9-16-15(10-4-2-1-3-5-10)12-8-11(18(20)21)6-7-13(12)17-14/h1-2,4,6-8H,3,5,9H2,(H,17,19). The fourth-order valence-electron chi connectivity index (χ4n) is 2.45. The Morgan fingerprint density at radius 3 is 2.90 bits per heavy atom. The van der Waals surface area contributed by atoms with E-state index >= 15 is 0 Å². The van der Waals surface area contributed by atoms with E-state index < -0.39 is 4.92 Å². The van der Waals surface area contributed by atoms with Crippen LogP contribution in [0.3, 0.4) is 0 Å². The number of nitro benzene ring substituents is 1. The fourth-order valence-corrected chi connectivity index (χ4v) is 2.45. The first-order chi connectivity index (χ1) is 10.1. The summed E-state index contributed by atoms with van der Waals surface area (Å²) in [4.78, 5) is 26.6. The first-order valence-corrected chi connectivity index (χ1v) is 6.64. The number of amides is 1. The molecule has 0 aromatic heterocycles. The van der Waals surface area contributed by atoms with Crippen molar-refractivity contribution in [3.05, 3.63) is 57.7 Å². The van der Waals surface area contributed by atoms with Crippen LogP contribution in [0.25, 0.3) is 0 Å². The van der Waals surface area contributed by atoms with E-state index in [0.717, 1.165) is 18.4 Å². The minimum absolute atomic E-state index is 0.00968. The monoisotopic (exact) mass is 283 g/mol. The Kier molecular flexibility index (Phi) is 3.35. The van der Waals surface area contributed by atoms with Gasteiger partial charge in [-0.1, -0.05) is 18.2 Å². The van der Waals surface area contributed by atoms with Crippen molar-refractivity contribution in [1.82, 2.24) is 0 Å².